The summed E-state index contributed by atoms with van der Waals surface area (Å²) in [7, 11) is 1.80. The number of nitrogens with zero attached hydrogens (tertiary/aromatic N) is 1. The van der Waals surface area contributed by atoms with Crippen LogP contribution in [0.2, 0.25) is 0 Å². The van der Waals surface area contributed by atoms with Crippen molar-refractivity contribution in [3.05, 3.63) is 35.4 Å². The van der Waals surface area contributed by atoms with E-state index in [2.05, 4.69) is 31.2 Å². The molecule has 0 aliphatic carbocycles. The van der Waals surface area contributed by atoms with Crippen molar-refractivity contribution >= 4 is 17.5 Å². The Labute approximate surface area is 101 Å². The number of benzene rings is 1. The quantitative estimate of drug-likeness (QED) is 0.688. The number of hydrogen-bond acceptors (Lipinski definition) is 1. The fourth-order valence-corrected chi connectivity index (χ4v) is 2.61. The van der Waals surface area contributed by atoms with Gasteiger partial charge in [-0.05, 0) is 19.4 Å². The first-order valence-corrected chi connectivity index (χ1v) is 5.82. The lowest BCUT2D eigenvalue weighted by molar-refractivity contribution is -0.128. The zero-order chi connectivity index (χ0) is 11.9. The number of halogens is 1. The minimum absolute atomic E-state index is 0.0136. The summed E-state index contributed by atoms with van der Waals surface area (Å²) in [5.74, 6) is 0.0898. The van der Waals surface area contributed by atoms with Gasteiger partial charge in [0.05, 0.1) is 0 Å². The van der Waals surface area contributed by atoms with Crippen molar-refractivity contribution in [2.24, 2.45) is 0 Å². The maximum atomic E-state index is 11.9. The van der Waals surface area contributed by atoms with Gasteiger partial charge in [-0.2, -0.15) is 0 Å². The number of alkyl halides is 1. The van der Waals surface area contributed by atoms with E-state index in [-0.39, 0.29) is 11.8 Å². The van der Waals surface area contributed by atoms with E-state index in [9.17, 15) is 4.79 Å². The molecule has 2 nitrogen and oxygen atoms in total. The first kappa shape index (κ1) is 11.5. The Bertz CT molecular complexity index is 410. The first-order chi connectivity index (χ1) is 7.43. The van der Waals surface area contributed by atoms with Crippen LogP contribution in [0, 0.1) is 6.92 Å². The summed E-state index contributed by atoms with van der Waals surface area (Å²) >= 11 is 6.36. The van der Waals surface area contributed by atoms with Gasteiger partial charge < -0.3 is 4.90 Å². The number of carbonyl (C=O) groups is 1. The lowest BCUT2D eigenvalue weighted by atomic mass is 9.89. The zero-order valence-electron chi connectivity index (χ0n) is 9.83. The van der Waals surface area contributed by atoms with Gasteiger partial charge in [-0.25, -0.2) is 0 Å². The minimum atomic E-state index is -0.802. The van der Waals surface area contributed by atoms with Crippen LogP contribution in [0.1, 0.15) is 24.0 Å². The second-order valence-electron chi connectivity index (χ2n) is 4.72. The number of rotatable bonds is 1. The van der Waals surface area contributed by atoms with Crippen LogP contribution in [0.25, 0.3) is 0 Å². The lowest BCUT2D eigenvalue weighted by Gasteiger charge is -2.21. The summed E-state index contributed by atoms with van der Waals surface area (Å²) in [6.07, 6.45) is 0. The summed E-state index contributed by atoms with van der Waals surface area (Å²) < 4.78 is 0. The molecule has 1 aromatic carbocycles. The number of carbonyl (C=O) groups excluding carboxylic acids is 1. The smallest absolute Gasteiger partial charge is 0.243 e. The molecule has 1 aliphatic heterocycles. The van der Waals surface area contributed by atoms with Crippen molar-refractivity contribution in [1.82, 2.24) is 4.90 Å². The molecule has 0 radical (unpaired) electrons. The van der Waals surface area contributed by atoms with E-state index in [4.69, 9.17) is 11.6 Å². The van der Waals surface area contributed by atoms with Crippen LogP contribution < -0.4 is 0 Å². The molecule has 0 aromatic heterocycles. The maximum Gasteiger partial charge on any atom is 0.243 e. The molecule has 16 heavy (non-hydrogen) atoms. The molecule has 0 N–H and O–H groups in total. The number of likely N-dealkylation sites (tertiary alicyclic amines) is 1. The molecule has 1 heterocycles. The highest BCUT2D eigenvalue weighted by molar-refractivity contribution is 6.36. The van der Waals surface area contributed by atoms with Gasteiger partial charge in [-0.3, -0.25) is 4.79 Å². The van der Waals surface area contributed by atoms with Gasteiger partial charge in [0.1, 0.15) is 4.87 Å². The average molecular weight is 238 g/mol. The summed E-state index contributed by atoms with van der Waals surface area (Å²) in [4.78, 5) is 12.8. The predicted octanol–water partition coefficient (Wildman–Crippen LogP) is 2.55. The molecule has 0 saturated carbocycles. The highest BCUT2D eigenvalue weighted by Gasteiger charge is 2.48. The van der Waals surface area contributed by atoms with Crippen LogP contribution in [-0.2, 0) is 4.79 Å². The molecular weight excluding hydrogens is 222 g/mol. The number of likely N-dealkylation sites (N-methyl/N-ethyl adjacent to an activating group) is 1. The van der Waals surface area contributed by atoms with Gasteiger partial charge in [0.2, 0.25) is 5.91 Å². The van der Waals surface area contributed by atoms with E-state index in [0.717, 1.165) is 5.56 Å². The highest BCUT2D eigenvalue weighted by Crippen LogP contribution is 2.40. The zero-order valence-corrected chi connectivity index (χ0v) is 10.6. The largest absolute Gasteiger partial charge is 0.344 e. The number of amides is 1. The van der Waals surface area contributed by atoms with E-state index in [0.29, 0.717) is 6.54 Å². The molecule has 2 atom stereocenters. The number of aryl methyl sites for hydroxylation is 1. The third kappa shape index (κ3) is 1.71. The molecule has 1 aromatic rings. The Hall–Kier alpha value is -1.02. The van der Waals surface area contributed by atoms with Gasteiger partial charge >= 0.3 is 0 Å². The van der Waals surface area contributed by atoms with E-state index < -0.39 is 4.87 Å². The van der Waals surface area contributed by atoms with Gasteiger partial charge in [0, 0.05) is 19.5 Å². The Morgan fingerprint density at radius 1 is 1.38 bits per heavy atom. The van der Waals surface area contributed by atoms with Crippen LogP contribution in [0.5, 0.6) is 0 Å². The van der Waals surface area contributed by atoms with Crippen molar-refractivity contribution in [1.29, 1.82) is 0 Å². The number of hydrogen-bond donors (Lipinski definition) is 0. The van der Waals surface area contributed by atoms with E-state index in [1.165, 1.54) is 5.56 Å². The fraction of sp³-hybridized carbons (Fsp3) is 0.462. The Balaban J connectivity index is 2.35. The molecule has 2 rings (SSSR count). The van der Waals surface area contributed by atoms with Crippen molar-refractivity contribution < 1.29 is 4.79 Å². The molecule has 1 fully saturated rings. The molecule has 2 unspecified atom stereocenters. The third-order valence-electron chi connectivity index (χ3n) is 3.36. The monoisotopic (exact) mass is 237 g/mol. The molecule has 86 valence electrons. The highest BCUT2D eigenvalue weighted by atomic mass is 35.5. The van der Waals surface area contributed by atoms with Crippen LogP contribution >= 0.6 is 11.6 Å². The first-order valence-electron chi connectivity index (χ1n) is 5.44. The fourth-order valence-electron chi connectivity index (χ4n) is 2.27. The van der Waals surface area contributed by atoms with E-state index in [1.54, 1.807) is 11.9 Å². The molecule has 0 bridgehead atoms. The Morgan fingerprint density at radius 2 is 1.94 bits per heavy atom. The minimum Gasteiger partial charge on any atom is -0.344 e. The van der Waals surface area contributed by atoms with Gasteiger partial charge in [0.25, 0.3) is 0 Å². The van der Waals surface area contributed by atoms with Gasteiger partial charge in [0.15, 0.2) is 0 Å². The molecule has 0 spiro atoms. The molecule has 1 amide bonds. The molecular formula is C13H16ClNO. The van der Waals surface area contributed by atoms with Crippen LogP contribution in [0.3, 0.4) is 0 Å². The SMILES string of the molecule is Cc1ccc(C2CN(C)C(=O)C2(C)Cl)cc1. The maximum absolute atomic E-state index is 11.9. The second-order valence-corrected chi connectivity index (χ2v) is 5.51. The van der Waals surface area contributed by atoms with Crippen molar-refractivity contribution in [2.45, 2.75) is 24.6 Å². The second kappa shape index (κ2) is 3.77. The Kier molecular flexibility index (Phi) is 2.70. The summed E-state index contributed by atoms with van der Waals surface area (Å²) in [5.41, 5.74) is 2.36. The molecule has 1 saturated heterocycles. The van der Waals surface area contributed by atoms with E-state index in [1.807, 2.05) is 6.92 Å². The van der Waals surface area contributed by atoms with Crippen molar-refractivity contribution in [3.63, 3.8) is 0 Å². The summed E-state index contributed by atoms with van der Waals surface area (Å²) in [5, 5.41) is 0. The van der Waals surface area contributed by atoms with Crippen LogP contribution in [0.15, 0.2) is 24.3 Å². The van der Waals surface area contributed by atoms with Crippen molar-refractivity contribution in [2.75, 3.05) is 13.6 Å². The molecule has 3 heteroatoms. The average Bonchev–Trinajstić information content (AvgIpc) is 2.44. The van der Waals surface area contributed by atoms with Crippen LogP contribution in [0.4, 0.5) is 0 Å². The molecule has 1 aliphatic rings. The van der Waals surface area contributed by atoms with Gasteiger partial charge in [-0.15, -0.1) is 11.6 Å². The van der Waals surface area contributed by atoms with Crippen molar-refractivity contribution in [3.8, 4) is 0 Å². The standard InChI is InChI=1S/C13H16ClNO/c1-9-4-6-10(7-5-9)11-8-15(3)12(16)13(11,2)14/h4-7,11H,8H2,1-3H3. The third-order valence-corrected chi connectivity index (χ3v) is 3.78. The van der Waals surface area contributed by atoms with Crippen LogP contribution in [-0.4, -0.2) is 29.3 Å². The van der Waals surface area contributed by atoms with Gasteiger partial charge in [-0.1, -0.05) is 29.8 Å². The lowest BCUT2D eigenvalue weighted by Crippen LogP contribution is -2.32. The normalized spacial score (nSPS) is 29.9. The Morgan fingerprint density at radius 3 is 2.38 bits per heavy atom. The topological polar surface area (TPSA) is 20.3 Å². The predicted molar refractivity (Wildman–Crippen MR) is 65.8 cm³/mol. The van der Waals surface area contributed by atoms with E-state index >= 15 is 0 Å². The summed E-state index contributed by atoms with van der Waals surface area (Å²) in [6.45, 7) is 4.56. The summed E-state index contributed by atoms with van der Waals surface area (Å²) in [6, 6.07) is 8.25.